The lowest BCUT2D eigenvalue weighted by Crippen LogP contribution is -1.82. The molecule has 0 spiro atoms. The zero-order valence-electron chi connectivity index (χ0n) is 8.65. The number of hydrogen-bond acceptors (Lipinski definition) is 1. The normalized spacial score (nSPS) is 9.31. The van der Waals surface area contributed by atoms with Crippen LogP contribution in [0.4, 0.5) is 0 Å². The van der Waals surface area contributed by atoms with Gasteiger partial charge in [0.2, 0.25) is 0 Å². The van der Waals surface area contributed by atoms with Gasteiger partial charge in [-0.3, -0.25) is 0 Å². The van der Waals surface area contributed by atoms with Gasteiger partial charge in [-0.2, -0.15) is 0 Å². The Kier molecular flexibility index (Phi) is 3.58. The van der Waals surface area contributed by atoms with Crippen LogP contribution < -0.4 is 0 Å². The van der Waals surface area contributed by atoms with Gasteiger partial charge in [-0.15, -0.1) is 0 Å². The molecular weight excluding hydrogens is 218 g/mol. The summed E-state index contributed by atoms with van der Waals surface area (Å²) < 4.78 is 0. The first-order valence-corrected chi connectivity index (χ1v) is 5.37. The molecule has 1 aromatic carbocycles. The maximum atomic E-state index is 5.73. The van der Waals surface area contributed by atoms with E-state index in [0.29, 0.717) is 5.02 Å². The number of halogens is 1. The largest absolute Gasteiger partial charge is 0.246 e. The Morgan fingerprint density at radius 3 is 2.56 bits per heavy atom. The number of rotatable bonds is 1. The maximum absolute atomic E-state index is 5.73. The fourth-order valence-electron chi connectivity index (χ4n) is 1.28. The number of pyridine rings is 1. The van der Waals surface area contributed by atoms with Gasteiger partial charge in [-0.05, 0) is 23.6 Å². The second-order valence-electron chi connectivity index (χ2n) is 3.33. The average Bonchev–Trinajstić information content (AvgIpc) is 2.33. The van der Waals surface area contributed by atoms with Gasteiger partial charge in [0, 0.05) is 12.6 Å². The lowest BCUT2D eigenvalue weighted by molar-refractivity contribution is 1.27. The standard InChI is InChI=1S/C14H10ClN/c15-13-9-10-14(16-11-13)8-4-7-12-5-2-1-3-6-12/h1-3,5-6,9-11H,7H2. The topological polar surface area (TPSA) is 12.9 Å². The quantitative estimate of drug-likeness (QED) is 0.681. The molecule has 0 saturated carbocycles. The molecular formula is C14H10ClN. The summed E-state index contributed by atoms with van der Waals surface area (Å²) in [6.45, 7) is 0. The van der Waals surface area contributed by atoms with Crippen molar-refractivity contribution in [2.45, 2.75) is 6.42 Å². The molecule has 0 amide bonds. The lowest BCUT2D eigenvalue weighted by Gasteiger charge is -1.92. The minimum atomic E-state index is 0.633. The Morgan fingerprint density at radius 2 is 1.88 bits per heavy atom. The van der Waals surface area contributed by atoms with E-state index in [4.69, 9.17) is 11.6 Å². The van der Waals surface area contributed by atoms with Gasteiger partial charge in [0.25, 0.3) is 0 Å². The van der Waals surface area contributed by atoms with Crippen molar-refractivity contribution in [1.29, 1.82) is 0 Å². The van der Waals surface area contributed by atoms with Crippen molar-refractivity contribution < 1.29 is 0 Å². The first-order chi connectivity index (χ1) is 7.84. The van der Waals surface area contributed by atoms with Gasteiger partial charge in [-0.25, -0.2) is 4.98 Å². The molecule has 0 unspecified atom stereocenters. The fraction of sp³-hybridized carbons (Fsp3) is 0.0714. The van der Waals surface area contributed by atoms with Gasteiger partial charge < -0.3 is 0 Å². The van der Waals surface area contributed by atoms with Crippen molar-refractivity contribution >= 4 is 11.6 Å². The molecule has 0 aliphatic carbocycles. The monoisotopic (exact) mass is 227 g/mol. The second-order valence-corrected chi connectivity index (χ2v) is 3.76. The Bertz CT molecular complexity index is 506. The van der Waals surface area contributed by atoms with Crippen LogP contribution in [0.25, 0.3) is 0 Å². The average molecular weight is 228 g/mol. The molecule has 0 aliphatic rings. The van der Waals surface area contributed by atoms with Crippen molar-refractivity contribution in [3.63, 3.8) is 0 Å². The van der Waals surface area contributed by atoms with E-state index in [2.05, 4.69) is 29.0 Å². The van der Waals surface area contributed by atoms with Crippen LogP contribution in [-0.2, 0) is 6.42 Å². The van der Waals surface area contributed by atoms with E-state index in [1.807, 2.05) is 24.3 Å². The smallest absolute Gasteiger partial charge is 0.113 e. The molecule has 0 aliphatic heterocycles. The molecule has 2 aromatic rings. The minimum Gasteiger partial charge on any atom is -0.246 e. The molecule has 1 aromatic heterocycles. The molecule has 1 nitrogen and oxygen atoms in total. The molecule has 0 atom stereocenters. The van der Waals surface area contributed by atoms with Crippen molar-refractivity contribution in [3.8, 4) is 11.8 Å². The van der Waals surface area contributed by atoms with Crippen LogP contribution in [0.15, 0.2) is 48.7 Å². The van der Waals surface area contributed by atoms with Gasteiger partial charge >= 0.3 is 0 Å². The van der Waals surface area contributed by atoms with E-state index in [-0.39, 0.29) is 0 Å². The van der Waals surface area contributed by atoms with Crippen LogP contribution in [0.5, 0.6) is 0 Å². The number of benzene rings is 1. The van der Waals surface area contributed by atoms with Gasteiger partial charge in [0.1, 0.15) is 5.69 Å². The van der Waals surface area contributed by atoms with Crippen LogP contribution in [0.2, 0.25) is 5.02 Å². The van der Waals surface area contributed by atoms with Crippen LogP contribution >= 0.6 is 11.6 Å². The second kappa shape index (κ2) is 5.34. The number of hydrogen-bond donors (Lipinski definition) is 0. The fourth-order valence-corrected chi connectivity index (χ4v) is 1.39. The van der Waals surface area contributed by atoms with Crippen molar-refractivity contribution in [3.05, 3.63) is 64.9 Å². The maximum Gasteiger partial charge on any atom is 0.113 e. The Hall–Kier alpha value is -1.78. The molecule has 0 N–H and O–H groups in total. The zero-order chi connectivity index (χ0) is 11.2. The predicted molar refractivity (Wildman–Crippen MR) is 66.3 cm³/mol. The summed E-state index contributed by atoms with van der Waals surface area (Å²) in [5, 5.41) is 0.633. The molecule has 0 bridgehead atoms. The highest BCUT2D eigenvalue weighted by atomic mass is 35.5. The molecule has 0 radical (unpaired) electrons. The summed E-state index contributed by atoms with van der Waals surface area (Å²) in [5.41, 5.74) is 1.96. The summed E-state index contributed by atoms with van der Waals surface area (Å²) in [7, 11) is 0. The Morgan fingerprint density at radius 1 is 1.06 bits per heavy atom. The summed E-state index contributed by atoms with van der Waals surface area (Å²) in [5.74, 6) is 6.08. The first-order valence-electron chi connectivity index (χ1n) is 4.99. The van der Waals surface area contributed by atoms with Gasteiger partial charge in [-0.1, -0.05) is 47.9 Å². The SMILES string of the molecule is Clc1ccc(C#CCc2ccccc2)nc1. The highest BCUT2D eigenvalue weighted by molar-refractivity contribution is 6.30. The highest BCUT2D eigenvalue weighted by Gasteiger charge is 1.89. The number of aromatic nitrogens is 1. The molecule has 1 heterocycles. The molecule has 78 valence electrons. The van der Waals surface area contributed by atoms with Crippen molar-refractivity contribution in [2.75, 3.05) is 0 Å². The van der Waals surface area contributed by atoms with E-state index in [9.17, 15) is 0 Å². The van der Waals surface area contributed by atoms with Crippen LogP contribution in [0.3, 0.4) is 0 Å². The van der Waals surface area contributed by atoms with E-state index in [1.54, 1.807) is 12.3 Å². The molecule has 16 heavy (non-hydrogen) atoms. The van der Waals surface area contributed by atoms with E-state index in [1.165, 1.54) is 5.56 Å². The van der Waals surface area contributed by atoms with Crippen LogP contribution in [0.1, 0.15) is 11.3 Å². The summed E-state index contributed by atoms with van der Waals surface area (Å²) in [4.78, 5) is 4.10. The Balaban J connectivity index is 2.03. The summed E-state index contributed by atoms with van der Waals surface area (Å²) in [6, 6.07) is 13.8. The van der Waals surface area contributed by atoms with Crippen molar-refractivity contribution in [2.24, 2.45) is 0 Å². The first kappa shape index (κ1) is 10.7. The zero-order valence-corrected chi connectivity index (χ0v) is 9.41. The van der Waals surface area contributed by atoms with E-state index in [0.717, 1.165) is 12.1 Å². The molecule has 2 rings (SSSR count). The molecule has 2 heteroatoms. The van der Waals surface area contributed by atoms with Gasteiger partial charge in [0.15, 0.2) is 0 Å². The van der Waals surface area contributed by atoms with E-state index >= 15 is 0 Å². The predicted octanol–water partition coefficient (Wildman–Crippen LogP) is 3.33. The summed E-state index contributed by atoms with van der Waals surface area (Å²) in [6.07, 6.45) is 2.35. The Labute approximate surface area is 100 Å². The van der Waals surface area contributed by atoms with Crippen LogP contribution in [-0.4, -0.2) is 4.98 Å². The molecule has 0 saturated heterocycles. The summed E-state index contributed by atoms with van der Waals surface area (Å²) >= 11 is 5.73. The van der Waals surface area contributed by atoms with Gasteiger partial charge in [0.05, 0.1) is 5.02 Å². The third kappa shape index (κ3) is 3.12. The third-order valence-corrected chi connectivity index (χ3v) is 2.30. The van der Waals surface area contributed by atoms with Crippen molar-refractivity contribution in [1.82, 2.24) is 4.98 Å². The lowest BCUT2D eigenvalue weighted by atomic mass is 10.1. The highest BCUT2D eigenvalue weighted by Crippen LogP contribution is 2.05. The minimum absolute atomic E-state index is 0.633. The van der Waals surface area contributed by atoms with E-state index < -0.39 is 0 Å². The van der Waals surface area contributed by atoms with Crippen LogP contribution in [0, 0.1) is 11.8 Å². The third-order valence-electron chi connectivity index (χ3n) is 2.08. The number of nitrogens with zero attached hydrogens (tertiary/aromatic N) is 1. The molecule has 0 fully saturated rings.